The molecule has 19 heavy (non-hydrogen) atoms. The molecule has 7 nitrogen and oxygen atoms in total. The Bertz CT molecular complexity index is 639. The smallest absolute Gasteiger partial charge is 0.359 e. The summed E-state index contributed by atoms with van der Waals surface area (Å²) in [5.74, 6) is 0.131. The summed E-state index contributed by atoms with van der Waals surface area (Å²) in [6.45, 7) is 0. The Balaban J connectivity index is 2.54. The molecule has 0 atom stereocenters. The highest BCUT2D eigenvalue weighted by Crippen LogP contribution is 2.38. The lowest BCUT2D eigenvalue weighted by Crippen LogP contribution is -2.09. The van der Waals surface area contributed by atoms with Gasteiger partial charge >= 0.3 is 7.60 Å². The lowest BCUT2D eigenvalue weighted by molar-refractivity contribution is 0.380. The van der Waals surface area contributed by atoms with Gasteiger partial charge in [0.2, 0.25) is 0 Å². The topological polar surface area (TPSA) is 97.5 Å². The van der Waals surface area contributed by atoms with E-state index in [1.165, 1.54) is 37.3 Å². The minimum absolute atomic E-state index is 0.131. The third-order valence-corrected chi connectivity index (χ3v) is 4.09. The Kier molecular flexibility index (Phi) is 3.96. The largest absolute Gasteiger partial charge is 0.496 e. The molecule has 1 aromatic heterocycles. The molecule has 0 aliphatic heterocycles. The lowest BCUT2D eigenvalue weighted by Gasteiger charge is -2.12. The zero-order chi connectivity index (χ0) is 14.0. The van der Waals surface area contributed by atoms with Gasteiger partial charge < -0.3 is 14.5 Å². The molecule has 0 saturated carbocycles. The normalized spacial score (nSPS) is 11.6. The number of hydrogen-bond acceptors (Lipinski definition) is 5. The zero-order valence-corrected chi connectivity index (χ0v) is 11.9. The van der Waals surface area contributed by atoms with Gasteiger partial charge in [-0.3, -0.25) is 9.13 Å². The fourth-order valence-corrected chi connectivity index (χ4v) is 2.79. The highest BCUT2D eigenvalue weighted by atomic mass is 32.2. The number of ether oxygens (including phenoxy) is 1. The summed E-state index contributed by atoms with van der Waals surface area (Å²) in [5.41, 5.74) is 0.670. The summed E-state index contributed by atoms with van der Waals surface area (Å²) < 4.78 is 18.0. The van der Waals surface area contributed by atoms with Crippen LogP contribution in [-0.4, -0.2) is 37.9 Å². The van der Waals surface area contributed by atoms with E-state index in [-0.39, 0.29) is 11.1 Å². The predicted octanol–water partition coefficient (Wildman–Crippen LogP) is 0.801. The van der Waals surface area contributed by atoms with Crippen LogP contribution in [0.5, 0.6) is 5.75 Å². The van der Waals surface area contributed by atoms with Crippen LogP contribution in [0.2, 0.25) is 0 Å². The molecule has 102 valence electrons. The lowest BCUT2D eigenvalue weighted by atomic mass is 10.3. The third kappa shape index (κ3) is 2.82. The van der Waals surface area contributed by atoms with E-state index in [2.05, 4.69) is 10.2 Å². The third-order valence-electron chi connectivity index (χ3n) is 2.45. The van der Waals surface area contributed by atoms with Gasteiger partial charge in [0.25, 0.3) is 0 Å². The van der Waals surface area contributed by atoms with Crippen LogP contribution in [-0.2, 0) is 4.57 Å². The van der Waals surface area contributed by atoms with Crippen LogP contribution in [0.4, 0.5) is 0 Å². The summed E-state index contributed by atoms with van der Waals surface area (Å²) >= 11 is 1.42. The van der Waals surface area contributed by atoms with Crippen LogP contribution in [0.1, 0.15) is 0 Å². The number of thioether (sulfide) groups is 1. The van der Waals surface area contributed by atoms with Gasteiger partial charge in [0, 0.05) is 6.07 Å². The monoisotopic (exact) mass is 301 g/mol. The van der Waals surface area contributed by atoms with Crippen molar-refractivity contribution in [3.63, 3.8) is 0 Å². The number of nitrogens with zero attached hydrogens (tertiary/aromatic N) is 3. The van der Waals surface area contributed by atoms with Crippen molar-refractivity contribution in [2.45, 2.75) is 5.16 Å². The summed E-state index contributed by atoms with van der Waals surface area (Å²) in [6, 6.07) is 4.47. The summed E-state index contributed by atoms with van der Waals surface area (Å²) in [4.78, 5) is 18.4. The molecule has 2 rings (SSSR count). The molecule has 0 saturated heterocycles. The molecule has 0 radical (unpaired) electrons. The van der Waals surface area contributed by atoms with Crippen molar-refractivity contribution < 1.29 is 19.1 Å². The Hall–Kier alpha value is -1.34. The zero-order valence-electron chi connectivity index (χ0n) is 10.2. The number of rotatable bonds is 4. The molecule has 0 spiro atoms. The van der Waals surface area contributed by atoms with Crippen molar-refractivity contribution in [1.82, 2.24) is 14.8 Å². The highest BCUT2D eigenvalue weighted by molar-refractivity contribution is 7.98. The quantitative estimate of drug-likeness (QED) is 0.636. The molecular formula is C10H12N3O4PS. The second-order valence-electron chi connectivity index (χ2n) is 3.59. The van der Waals surface area contributed by atoms with Crippen LogP contribution in [0.3, 0.4) is 0 Å². The summed E-state index contributed by atoms with van der Waals surface area (Å²) in [7, 11) is -3.00. The molecular weight excluding hydrogens is 289 g/mol. The van der Waals surface area contributed by atoms with Crippen molar-refractivity contribution in [3.05, 3.63) is 24.5 Å². The first-order valence-corrected chi connectivity index (χ1v) is 7.99. The first-order chi connectivity index (χ1) is 8.97. The molecule has 0 unspecified atom stereocenters. The minimum atomic E-state index is -4.36. The van der Waals surface area contributed by atoms with Gasteiger partial charge in [-0.15, -0.1) is 10.2 Å². The standard InChI is InChI=1S/C10H12N3O4PS/c1-17-8-5-7(3-4-9(8)18(14,15)16)13-6-11-12-10(13)19-2/h3-6H,1-2H3,(H2,14,15,16). The van der Waals surface area contributed by atoms with E-state index in [0.717, 1.165) is 0 Å². The Morgan fingerprint density at radius 2 is 2.16 bits per heavy atom. The molecule has 0 aliphatic rings. The fourth-order valence-electron chi connectivity index (χ4n) is 1.60. The second-order valence-corrected chi connectivity index (χ2v) is 5.93. The maximum absolute atomic E-state index is 11.3. The predicted molar refractivity (Wildman–Crippen MR) is 71.4 cm³/mol. The van der Waals surface area contributed by atoms with Crippen LogP contribution in [0, 0.1) is 0 Å². The van der Waals surface area contributed by atoms with Crippen LogP contribution in [0.15, 0.2) is 29.7 Å². The minimum Gasteiger partial charge on any atom is -0.496 e. The van der Waals surface area contributed by atoms with Crippen molar-refractivity contribution >= 4 is 24.7 Å². The molecule has 1 aromatic carbocycles. The fraction of sp³-hybridized carbons (Fsp3) is 0.200. The van der Waals surface area contributed by atoms with Gasteiger partial charge in [0.1, 0.15) is 17.4 Å². The second kappa shape index (κ2) is 5.34. The van der Waals surface area contributed by atoms with Gasteiger partial charge in [0.15, 0.2) is 5.16 Å². The van der Waals surface area contributed by atoms with E-state index >= 15 is 0 Å². The molecule has 2 N–H and O–H groups in total. The molecule has 2 aromatic rings. The Morgan fingerprint density at radius 3 is 2.74 bits per heavy atom. The van der Waals surface area contributed by atoms with E-state index in [1.807, 2.05) is 6.26 Å². The first kappa shape index (κ1) is 14.1. The van der Waals surface area contributed by atoms with E-state index in [0.29, 0.717) is 10.8 Å². The van der Waals surface area contributed by atoms with E-state index in [1.54, 1.807) is 10.6 Å². The molecule has 0 aliphatic carbocycles. The molecule has 9 heteroatoms. The maximum Gasteiger partial charge on any atom is 0.359 e. The van der Waals surface area contributed by atoms with Gasteiger partial charge in [-0.05, 0) is 18.4 Å². The van der Waals surface area contributed by atoms with E-state index in [4.69, 9.17) is 4.74 Å². The average Bonchev–Trinajstić information content (AvgIpc) is 2.85. The maximum atomic E-state index is 11.3. The van der Waals surface area contributed by atoms with Crippen molar-refractivity contribution in [1.29, 1.82) is 0 Å². The van der Waals surface area contributed by atoms with Crippen LogP contribution >= 0.6 is 19.4 Å². The average molecular weight is 301 g/mol. The van der Waals surface area contributed by atoms with E-state index in [9.17, 15) is 14.4 Å². The van der Waals surface area contributed by atoms with Crippen molar-refractivity contribution in [2.24, 2.45) is 0 Å². The molecule has 0 fully saturated rings. The Morgan fingerprint density at radius 1 is 1.42 bits per heavy atom. The van der Waals surface area contributed by atoms with Gasteiger partial charge in [0.05, 0.1) is 12.8 Å². The van der Waals surface area contributed by atoms with Gasteiger partial charge in [-0.25, -0.2) is 0 Å². The van der Waals surface area contributed by atoms with Gasteiger partial charge in [-0.2, -0.15) is 0 Å². The SMILES string of the molecule is COc1cc(-n2cnnc2SC)ccc1P(=O)(O)O. The van der Waals surface area contributed by atoms with Gasteiger partial charge in [-0.1, -0.05) is 11.8 Å². The molecule has 1 heterocycles. The Labute approximate surface area is 113 Å². The molecule has 0 bridgehead atoms. The number of aromatic nitrogens is 3. The molecule has 0 amide bonds. The van der Waals surface area contributed by atoms with E-state index < -0.39 is 7.60 Å². The first-order valence-electron chi connectivity index (χ1n) is 5.16. The summed E-state index contributed by atoms with van der Waals surface area (Å²) in [6.07, 6.45) is 3.39. The van der Waals surface area contributed by atoms with Crippen molar-refractivity contribution in [3.8, 4) is 11.4 Å². The van der Waals surface area contributed by atoms with Crippen molar-refractivity contribution in [2.75, 3.05) is 13.4 Å². The van der Waals surface area contributed by atoms with Crippen LogP contribution in [0.25, 0.3) is 5.69 Å². The number of benzene rings is 1. The highest BCUT2D eigenvalue weighted by Gasteiger charge is 2.23. The number of methoxy groups -OCH3 is 1. The van der Waals surface area contributed by atoms with Crippen LogP contribution < -0.4 is 10.0 Å². The number of hydrogen-bond donors (Lipinski definition) is 2. The summed E-state index contributed by atoms with van der Waals surface area (Å²) in [5, 5.41) is 8.24.